The highest BCUT2D eigenvalue weighted by molar-refractivity contribution is 7.89. The van der Waals surface area contributed by atoms with Crippen LogP contribution in [0.25, 0.3) is 0 Å². The van der Waals surface area contributed by atoms with Gasteiger partial charge < -0.3 is 0 Å². The molecule has 1 aliphatic rings. The number of pyridine rings is 1. The highest BCUT2D eigenvalue weighted by atomic mass is 32.2. The van der Waals surface area contributed by atoms with Gasteiger partial charge in [-0.25, -0.2) is 13.6 Å². The van der Waals surface area contributed by atoms with Gasteiger partial charge >= 0.3 is 0 Å². The molecule has 1 aromatic rings. The quantitative estimate of drug-likeness (QED) is 0.816. The third kappa shape index (κ3) is 2.65. The lowest BCUT2D eigenvalue weighted by Gasteiger charge is -2.00. The lowest BCUT2D eigenvalue weighted by Crippen LogP contribution is -2.13. The van der Waals surface area contributed by atoms with Gasteiger partial charge in [-0.3, -0.25) is 9.78 Å². The molecule has 0 radical (unpaired) electrons. The summed E-state index contributed by atoms with van der Waals surface area (Å²) in [5, 5.41) is 4.93. The lowest BCUT2D eigenvalue weighted by molar-refractivity contribution is -0.119. The first-order chi connectivity index (χ1) is 7.47. The fourth-order valence-electron chi connectivity index (χ4n) is 1.41. The molecule has 0 atom stereocenters. The van der Waals surface area contributed by atoms with E-state index in [2.05, 4.69) is 4.98 Å². The molecule has 1 aromatic heterocycles. The monoisotopic (exact) mass is 240 g/mol. The molecule has 1 aliphatic carbocycles. The highest BCUT2D eigenvalue weighted by Crippen LogP contribution is 2.30. The molecule has 1 saturated carbocycles. The van der Waals surface area contributed by atoms with Crippen molar-refractivity contribution in [2.45, 2.75) is 24.2 Å². The van der Waals surface area contributed by atoms with E-state index in [0.29, 0.717) is 5.69 Å². The number of hydrogen-bond donors (Lipinski definition) is 1. The van der Waals surface area contributed by atoms with Crippen LogP contribution in [-0.2, 0) is 21.2 Å². The van der Waals surface area contributed by atoms with Crippen LogP contribution >= 0.6 is 0 Å². The second kappa shape index (κ2) is 3.95. The van der Waals surface area contributed by atoms with Crippen LogP contribution in [0.3, 0.4) is 0 Å². The largest absolute Gasteiger partial charge is 0.299 e. The molecule has 0 bridgehead atoms. The maximum atomic E-state index is 11.5. The SMILES string of the molecule is NS(=O)(=O)c1ccc(CC(=O)C2CC2)nc1. The predicted octanol–water partition coefficient (Wildman–Crippen LogP) is 0.251. The Morgan fingerprint density at radius 2 is 2.12 bits per heavy atom. The minimum Gasteiger partial charge on any atom is -0.299 e. The topological polar surface area (TPSA) is 90.1 Å². The predicted molar refractivity (Wildman–Crippen MR) is 57.0 cm³/mol. The summed E-state index contributed by atoms with van der Waals surface area (Å²) in [6.45, 7) is 0. The summed E-state index contributed by atoms with van der Waals surface area (Å²) in [6.07, 6.45) is 3.39. The summed E-state index contributed by atoms with van der Waals surface area (Å²) >= 11 is 0. The zero-order chi connectivity index (χ0) is 11.8. The van der Waals surface area contributed by atoms with Crippen LogP contribution in [0.15, 0.2) is 23.2 Å². The van der Waals surface area contributed by atoms with Crippen LogP contribution in [0.4, 0.5) is 0 Å². The van der Waals surface area contributed by atoms with E-state index in [1.165, 1.54) is 18.3 Å². The van der Waals surface area contributed by atoms with Crippen molar-refractivity contribution in [3.63, 3.8) is 0 Å². The summed E-state index contributed by atoms with van der Waals surface area (Å²) in [5.41, 5.74) is 0.587. The van der Waals surface area contributed by atoms with Gasteiger partial charge in [0.15, 0.2) is 0 Å². The molecule has 0 amide bonds. The molecule has 1 heterocycles. The van der Waals surface area contributed by atoms with Crippen molar-refractivity contribution in [3.8, 4) is 0 Å². The average molecular weight is 240 g/mol. The number of primary sulfonamides is 1. The second-order valence-corrected chi connectivity index (χ2v) is 5.51. The number of nitrogens with zero attached hydrogens (tertiary/aromatic N) is 1. The molecule has 0 unspecified atom stereocenters. The number of sulfonamides is 1. The Labute approximate surface area is 93.7 Å². The third-order valence-electron chi connectivity index (χ3n) is 2.51. The lowest BCUT2D eigenvalue weighted by atomic mass is 10.1. The van der Waals surface area contributed by atoms with Crippen molar-refractivity contribution >= 4 is 15.8 Å². The number of rotatable bonds is 4. The average Bonchev–Trinajstić information content (AvgIpc) is 3.00. The number of carbonyl (C=O) groups excluding carboxylic acids is 1. The summed E-state index contributed by atoms with van der Waals surface area (Å²) in [6, 6.07) is 2.90. The zero-order valence-electron chi connectivity index (χ0n) is 8.59. The Bertz CT molecular complexity index is 503. The van der Waals surface area contributed by atoms with E-state index in [9.17, 15) is 13.2 Å². The van der Waals surface area contributed by atoms with Gasteiger partial charge in [-0.15, -0.1) is 0 Å². The van der Waals surface area contributed by atoms with Gasteiger partial charge in [0.2, 0.25) is 10.0 Å². The molecule has 0 saturated heterocycles. The number of Topliss-reactive ketones (excluding diaryl/α,β-unsaturated/α-hetero) is 1. The summed E-state index contributed by atoms with van der Waals surface area (Å²) in [7, 11) is -3.70. The third-order valence-corrected chi connectivity index (χ3v) is 3.41. The van der Waals surface area contributed by atoms with Gasteiger partial charge in [0.25, 0.3) is 0 Å². The van der Waals surface area contributed by atoms with E-state index in [-0.39, 0.29) is 23.0 Å². The number of aromatic nitrogens is 1. The molecule has 2 N–H and O–H groups in total. The maximum absolute atomic E-state index is 11.5. The second-order valence-electron chi connectivity index (χ2n) is 3.95. The summed E-state index contributed by atoms with van der Waals surface area (Å²) < 4.78 is 21.9. The van der Waals surface area contributed by atoms with Gasteiger partial charge in [-0.05, 0) is 25.0 Å². The fourth-order valence-corrected chi connectivity index (χ4v) is 1.87. The van der Waals surface area contributed by atoms with Crippen molar-refractivity contribution < 1.29 is 13.2 Å². The first-order valence-electron chi connectivity index (χ1n) is 4.97. The molecular weight excluding hydrogens is 228 g/mol. The smallest absolute Gasteiger partial charge is 0.239 e. The van der Waals surface area contributed by atoms with Gasteiger partial charge in [-0.2, -0.15) is 0 Å². The first-order valence-corrected chi connectivity index (χ1v) is 6.52. The molecule has 6 heteroatoms. The van der Waals surface area contributed by atoms with Crippen molar-refractivity contribution in [3.05, 3.63) is 24.0 Å². The molecule has 1 fully saturated rings. The van der Waals surface area contributed by atoms with Gasteiger partial charge in [0.1, 0.15) is 10.7 Å². The van der Waals surface area contributed by atoms with Crippen molar-refractivity contribution in [2.75, 3.05) is 0 Å². The normalized spacial score (nSPS) is 16.1. The maximum Gasteiger partial charge on any atom is 0.239 e. The zero-order valence-corrected chi connectivity index (χ0v) is 9.40. The van der Waals surface area contributed by atoms with E-state index in [1.54, 1.807) is 0 Å². The van der Waals surface area contributed by atoms with Crippen LogP contribution < -0.4 is 5.14 Å². The molecule has 5 nitrogen and oxygen atoms in total. The Morgan fingerprint density at radius 3 is 2.56 bits per heavy atom. The van der Waals surface area contributed by atoms with Gasteiger partial charge in [0.05, 0.1) is 0 Å². The Balaban J connectivity index is 2.10. The minimum atomic E-state index is -3.70. The van der Waals surface area contributed by atoms with Crippen LogP contribution in [0, 0.1) is 5.92 Å². The fraction of sp³-hybridized carbons (Fsp3) is 0.400. The molecule has 0 spiro atoms. The summed E-state index contributed by atoms with van der Waals surface area (Å²) in [4.78, 5) is 15.4. The standard InChI is InChI=1S/C10H12N2O3S/c11-16(14,15)9-4-3-8(12-6-9)5-10(13)7-1-2-7/h3-4,6-7H,1-2,5H2,(H2,11,14,15). The van der Waals surface area contributed by atoms with Gasteiger partial charge in [0, 0.05) is 24.2 Å². The Morgan fingerprint density at radius 1 is 1.44 bits per heavy atom. The molecule has 2 rings (SSSR count). The van der Waals surface area contributed by atoms with Crippen LogP contribution in [0.2, 0.25) is 0 Å². The van der Waals surface area contributed by atoms with Crippen LogP contribution in [0.5, 0.6) is 0 Å². The molecule has 86 valence electrons. The van der Waals surface area contributed by atoms with E-state index in [1.807, 2.05) is 0 Å². The minimum absolute atomic E-state index is 0.0323. The van der Waals surface area contributed by atoms with Crippen LogP contribution in [-0.4, -0.2) is 19.2 Å². The van der Waals surface area contributed by atoms with E-state index < -0.39 is 10.0 Å². The summed E-state index contributed by atoms with van der Waals surface area (Å²) in [5.74, 6) is 0.371. The van der Waals surface area contributed by atoms with Crippen LogP contribution in [0.1, 0.15) is 18.5 Å². The van der Waals surface area contributed by atoms with E-state index in [0.717, 1.165) is 12.8 Å². The van der Waals surface area contributed by atoms with Crippen molar-refractivity contribution in [2.24, 2.45) is 11.1 Å². The molecule has 0 aromatic carbocycles. The highest BCUT2D eigenvalue weighted by Gasteiger charge is 2.29. The van der Waals surface area contributed by atoms with Crippen molar-refractivity contribution in [1.29, 1.82) is 0 Å². The van der Waals surface area contributed by atoms with E-state index >= 15 is 0 Å². The number of ketones is 1. The number of hydrogen-bond acceptors (Lipinski definition) is 4. The molecular formula is C10H12N2O3S. The first kappa shape index (κ1) is 11.2. The number of nitrogens with two attached hydrogens (primary N) is 1. The molecule has 16 heavy (non-hydrogen) atoms. The Hall–Kier alpha value is -1.27. The molecule has 0 aliphatic heterocycles. The number of carbonyl (C=O) groups is 1. The van der Waals surface area contributed by atoms with Crippen molar-refractivity contribution in [1.82, 2.24) is 4.98 Å². The van der Waals surface area contributed by atoms with E-state index in [4.69, 9.17) is 5.14 Å². The Kier molecular flexibility index (Phi) is 2.77. The van der Waals surface area contributed by atoms with Gasteiger partial charge in [-0.1, -0.05) is 0 Å².